The Hall–Kier alpha value is -1.32. The van der Waals surface area contributed by atoms with E-state index in [0.717, 1.165) is 13.7 Å². The minimum atomic E-state index is -4.16. The summed E-state index contributed by atoms with van der Waals surface area (Å²) in [4.78, 5) is 16.8. The number of urea groups is 1. The maximum absolute atomic E-state index is 11.5. The van der Waals surface area contributed by atoms with Crippen molar-refractivity contribution >= 4 is 16.4 Å². The van der Waals surface area contributed by atoms with Crippen LogP contribution in [0.1, 0.15) is 6.92 Å². The number of nitrogens with zero attached hydrogens (tertiary/aromatic N) is 3. The standard InChI is InChI=1S/C8H15N3O.CH4O4S/c1-4-10(3)8(12)11-6-5-9(2)7-11;1-5-6(2,3)4/h5-6H,4,7H2,1-3H3;1H3,(H,2,3,4). The van der Waals surface area contributed by atoms with E-state index < -0.39 is 10.4 Å². The third-order valence-electron chi connectivity index (χ3n) is 2.13. The summed E-state index contributed by atoms with van der Waals surface area (Å²) in [5.74, 6) is 0. The second-order valence-corrected chi connectivity index (χ2v) is 4.75. The van der Waals surface area contributed by atoms with Crippen LogP contribution in [0.4, 0.5) is 4.79 Å². The Kier molecular flexibility index (Phi) is 6.66. The van der Waals surface area contributed by atoms with Crippen molar-refractivity contribution in [2.24, 2.45) is 0 Å². The van der Waals surface area contributed by atoms with Gasteiger partial charge in [0.2, 0.25) is 0 Å². The first-order valence-corrected chi connectivity index (χ1v) is 6.51. The normalized spacial score (nSPS) is 14.3. The van der Waals surface area contributed by atoms with Gasteiger partial charge in [-0.15, -0.1) is 0 Å². The molecule has 0 aliphatic carbocycles. The second kappa shape index (κ2) is 7.19. The van der Waals surface area contributed by atoms with Crippen molar-refractivity contribution in [2.45, 2.75) is 6.92 Å². The fourth-order valence-corrected chi connectivity index (χ4v) is 1.01. The van der Waals surface area contributed by atoms with E-state index in [1.165, 1.54) is 0 Å². The third kappa shape index (κ3) is 6.42. The van der Waals surface area contributed by atoms with Crippen LogP contribution in [0.2, 0.25) is 0 Å². The highest BCUT2D eigenvalue weighted by molar-refractivity contribution is 7.80. The lowest BCUT2D eigenvalue weighted by Crippen LogP contribution is -2.38. The molecule has 0 fully saturated rings. The Morgan fingerprint density at radius 2 is 2.00 bits per heavy atom. The number of rotatable bonds is 2. The van der Waals surface area contributed by atoms with Crippen LogP contribution in [-0.2, 0) is 14.6 Å². The lowest BCUT2D eigenvalue weighted by atomic mass is 10.6. The summed E-state index contributed by atoms with van der Waals surface area (Å²) >= 11 is 0. The quantitative estimate of drug-likeness (QED) is 0.726. The van der Waals surface area contributed by atoms with Crippen molar-refractivity contribution in [3.8, 4) is 0 Å². The molecule has 9 heteroatoms. The highest BCUT2D eigenvalue weighted by atomic mass is 32.3. The highest BCUT2D eigenvalue weighted by Gasteiger charge is 2.18. The minimum absolute atomic E-state index is 0.0538. The molecule has 18 heavy (non-hydrogen) atoms. The first-order chi connectivity index (χ1) is 8.21. The molecule has 1 aliphatic heterocycles. The van der Waals surface area contributed by atoms with Crippen molar-refractivity contribution in [3.05, 3.63) is 12.4 Å². The van der Waals surface area contributed by atoms with Crippen molar-refractivity contribution in [1.29, 1.82) is 0 Å². The Balaban J connectivity index is 0.000000411. The van der Waals surface area contributed by atoms with Gasteiger partial charge in [-0.3, -0.25) is 13.6 Å². The Labute approximate surface area is 107 Å². The molecule has 1 heterocycles. The van der Waals surface area contributed by atoms with Crippen LogP contribution >= 0.6 is 0 Å². The van der Waals surface area contributed by atoms with Gasteiger partial charge < -0.3 is 9.80 Å². The molecule has 0 spiro atoms. The van der Waals surface area contributed by atoms with Gasteiger partial charge in [0.15, 0.2) is 0 Å². The Morgan fingerprint density at radius 3 is 2.28 bits per heavy atom. The van der Waals surface area contributed by atoms with E-state index in [9.17, 15) is 13.2 Å². The molecule has 2 amide bonds. The first-order valence-electron chi connectivity index (χ1n) is 5.14. The molecule has 8 nitrogen and oxygen atoms in total. The number of carbonyl (C=O) groups excluding carboxylic acids is 1. The van der Waals surface area contributed by atoms with Gasteiger partial charge in [-0.25, -0.2) is 4.79 Å². The Bertz CT molecular complexity index is 395. The van der Waals surface area contributed by atoms with Crippen LogP contribution in [0.25, 0.3) is 0 Å². The molecule has 0 bridgehead atoms. The van der Waals surface area contributed by atoms with E-state index in [1.54, 1.807) is 23.0 Å². The third-order valence-corrected chi connectivity index (χ3v) is 2.55. The molecule has 0 radical (unpaired) electrons. The van der Waals surface area contributed by atoms with Crippen LogP contribution in [0, 0.1) is 0 Å². The van der Waals surface area contributed by atoms with Crippen molar-refractivity contribution in [3.63, 3.8) is 0 Å². The number of carbonyl (C=O) groups is 1. The summed E-state index contributed by atoms with van der Waals surface area (Å²) in [6.07, 6.45) is 3.69. The molecule has 0 aromatic rings. The van der Waals surface area contributed by atoms with Gasteiger partial charge in [0, 0.05) is 33.0 Å². The molecule has 0 aromatic heterocycles. The topological polar surface area (TPSA) is 90.4 Å². The predicted octanol–water partition coefficient (Wildman–Crippen LogP) is 0.170. The molecule has 0 atom stereocenters. The summed E-state index contributed by atoms with van der Waals surface area (Å²) in [6.45, 7) is 3.36. The zero-order valence-corrected chi connectivity index (χ0v) is 11.7. The van der Waals surface area contributed by atoms with Crippen LogP contribution in [-0.4, -0.2) is 68.1 Å². The van der Waals surface area contributed by atoms with Crippen molar-refractivity contribution in [1.82, 2.24) is 14.7 Å². The van der Waals surface area contributed by atoms with E-state index in [0.29, 0.717) is 6.67 Å². The van der Waals surface area contributed by atoms with Gasteiger partial charge in [0.1, 0.15) is 0 Å². The maximum Gasteiger partial charge on any atom is 0.397 e. The van der Waals surface area contributed by atoms with Gasteiger partial charge in [-0.1, -0.05) is 0 Å². The number of hydrogen-bond donors (Lipinski definition) is 1. The molecule has 1 rings (SSSR count). The molecular formula is C9H19N3O5S. The highest BCUT2D eigenvalue weighted by Crippen LogP contribution is 2.06. The van der Waals surface area contributed by atoms with Gasteiger partial charge in [-0.05, 0) is 6.92 Å². The zero-order chi connectivity index (χ0) is 14.3. The molecule has 0 unspecified atom stereocenters. The summed E-state index contributed by atoms with van der Waals surface area (Å²) in [7, 11) is 0.449. The average Bonchev–Trinajstić information content (AvgIpc) is 2.73. The van der Waals surface area contributed by atoms with Crippen molar-refractivity contribution < 1.29 is 21.9 Å². The SMILES string of the molecule is CCN(C)C(=O)N1C=CN(C)C1.COS(=O)(=O)O. The summed E-state index contributed by atoms with van der Waals surface area (Å²) in [6, 6.07) is 0.0538. The van der Waals surface area contributed by atoms with E-state index in [1.807, 2.05) is 25.1 Å². The molecule has 0 saturated heterocycles. The van der Waals surface area contributed by atoms with Gasteiger partial charge in [0.25, 0.3) is 0 Å². The van der Waals surface area contributed by atoms with E-state index in [-0.39, 0.29) is 6.03 Å². The van der Waals surface area contributed by atoms with E-state index in [2.05, 4.69) is 4.18 Å². The first kappa shape index (κ1) is 16.7. The lowest BCUT2D eigenvalue weighted by Gasteiger charge is -2.22. The van der Waals surface area contributed by atoms with E-state index >= 15 is 0 Å². The lowest BCUT2D eigenvalue weighted by molar-refractivity contribution is 0.175. The number of amides is 2. The van der Waals surface area contributed by atoms with Crippen LogP contribution in [0.3, 0.4) is 0 Å². The van der Waals surface area contributed by atoms with Gasteiger partial charge in [-0.2, -0.15) is 8.42 Å². The summed E-state index contributed by atoms with van der Waals surface area (Å²) < 4.78 is 29.7. The second-order valence-electron chi connectivity index (χ2n) is 3.56. The van der Waals surface area contributed by atoms with Gasteiger partial charge in [0.05, 0.1) is 13.8 Å². The predicted molar refractivity (Wildman–Crippen MR) is 65.9 cm³/mol. The summed E-state index contributed by atoms with van der Waals surface area (Å²) in [5, 5.41) is 0. The number of hydrogen-bond acceptors (Lipinski definition) is 5. The molecule has 0 saturated carbocycles. The monoisotopic (exact) mass is 281 g/mol. The van der Waals surface area contributed by atoms with Crippen LogP contribution in [0.5, 0.6) is 0 Å². The van der Waals surface area contributed by atoms with Crippen molar-refractivity contribution in [2.75, 3.05) is 34.4 Å². The fraction of sp³-hybridized carbons (Fsp3) is 0.667. The zero-order valence-electron chi connectivity index (χ0n) is 10.9. The van der Waals surface area contributed by atoms with Crippen LogP contribution in [0.15, 0.2) is 12.4 Å². The Morgan fingerprint density at radius 1 is 1.50 bits per heavy atom. The van der Waals surface area contributed by atoms with Crippen LogP contribution < -0.4 is 0 Å². The maximum atomic E-state index is 11.5. The average molecular weight is 281 g/mol. The smallest absolute Gasteiger partial charge is 0.361 e. The van der Waals surface area contributed by atoms with E-state index in [4.69, 9.17) is 4.55 Å². The fourth-order valence-electron chi connectivity index (χ4n) is 1.01. The molecule has 106 valence electrons. The van der Waals surface area contributed by atoms with Gasteiger partial charge >= 0.3 is 16.4 Å². The minimum Gasteiger partial charge on any atom is -0.361 e. The largest absolute Gasteiger partial charge is 0.397 e. The summed E-state index contributed by atoms with van der Waals surface area (Å²) in [5.41, 5.74) is 0. The molecular weight excluding hydrogens is 262 g/mol. The molecule has 0 aromatic carbocycles. The molecule has 1 N–H and O–H groups in total. The molecule has 1 aliphatic rings.